The zero-order valence-corrected chi connectivity index (χ0v) is 18.3. The molecular formula is C22H25N3O4S. The molecule has 0 saturated heterocycles. The Hall–Kier alpha value is -3.00. The summed E-state index contributed by atoms with van der Waals surface area (Å²) in [6.45, 7) is 9.00. The van der Waals surface area contributed by atoms with E-state index >= 15 is 0 Å². The standard InChI is InChI=1S/C22H25N3O4S/c1-5-27-18-11-10-15(13-19(18)28-6-2)20(26)23-22-25-24-21(29-22)16-8-7-9-17(12-16)30-14(3)4/h7-14H,5-6H2,1-4H3,(H,23,25,26). The maximum absolute atomic E-state index is 12.6. The zero-order valence-electron chi connectivity index (χ0n) is 17.5. The van der Waals surface area contributed by atoms with Crippen LogP contribution in [-0.2, 0) is 0 Å². The van der Waals surface area contributed by atoms with Gasteiger partial charge >= 0.3 is 6.01 Å². The first-order valence-corrected chi connectivity index (χ1v) is 10.7. The number of carbonyl (C=O) groups excluding carboxylic acids is 1. The average Bonchev–Trinajstić information content (AvgIpc) is 3.18. The molecule has 1 amide bonds. The molecule has 0 radical (unpaired) electrons. The lowest BCUT2D eigenvalue weighted by Crippen LogP contribution is -2.12. The second-order valence-corrected chi connectivity index (χ2v) is 8.24. The number of aromatic nitrogens is 2. The molecule has 158 valence electrons. The van der Waals surface area contributed by atoms with Crippen molar-refractivity contribution >= 4 is 23.7 Å². The molecule has 0 fully saturated rings. The highest BCUT2D eigenvalue weighted by Gasteiger charge is 2.16. The van der Waals surface area contributed by atoms with Gasteiger partial charge in [-0.1, -0.05) is 25.0 Å². The number of hydrogen-bond acceptors (Lipinski definition) is 7. The van der Waals surface area contributed by atoms with Crippen LogP contribution in [0.5, 0.6) is 11.5 Å². The first kappa shape index (κ1) is 21.7. The fraction of sp³-hybridized carbons (Fsp3) is 0.318. The first-order chi connectivity index (χ1) is 14.5. The Balaban J connectivity index is 1.74. The third-order valence-electron chi connectivity index (χ3n) is 3.90. The monoisotopic (exact) mass is 427 g/mol. The molecule has 2 aromatic carbocycles. The topological polar surface area (TPSA) is 86.5 Å². The normalized spacial score (nSPS) is 10.8. The number of ether oxygens (including phenoxy) is 2. The number of rotatable bonds is 9. The van der Waals surface area contributed by atoms with Gasteiger partial charge in [-0.3, -0.25) is 10.1 Å². The smallest absolute Gasteiger partial charge is 0.322 e. The van der Waals surface area contributed by atoms with Crippen molar-refractivity contribution in [3.05, 3.63) is 48.0 Å². The number of amides is 1. The highest BCUT2D eigenvalue weighted by molar-refractivity contribution is 7.99. The van der Waals surface area contributed by atoms with Crippen LogP contribution in [0.4, 0.5) is 6.01 Å². The molecule has 0 unspecified atom stereocenters. The molecule has 1 aromatic heterocycles. The van der Waals surface area contributed by atoms with Gasteiger partial charge < -0.3 is 13.9 Å². The molecule has 30 heavy (non-hydrogen) atoms. The number of anilines is 1. The Morgan fingerprint density at radius 2 is 1.83 bits per heavy atom. The van der Waals surface area contributed by atoms with E-state index in [1.165, 1.54) is 0 Å². The molecule has 0 bridgehead atoms. The van der Waals surface area contributed by atoms with Crippen molar-refractivity contribution in [2.45, 2.75) is 37.8 Å². The van der Waals surface area contributed by atoms with E-state index in [4.69, 9.17) is 13.9 Å². The summed E-state index contributed by atoms with van der Waals surface area (Å²) in [6, 6.07) is 12.9. The molecule has 1 N–H and O–H groups in total. The summed E-state index contributed by atoms with van der Waals surface area (Å²) in [6.07, 6.45) is 0. The van der Waals surface area contributed by atoms with Crippen molar-refractivity contribution in [2.24, 2.45) is 0 Å². The summed E-state index contributed by atoms with van der Waals surface area (Å²) in [4.78, 5) is 13.7. The fourth-order valence-corrected chi connectivity index (χ4v) is 3.62. The van der Waals surface area contributed by atoms with Crippen LogP contribution >= 0.6 is 11.8 Å². The van der Waals surface area contributed by atoms with Crippen LogP contribution < -0.4 is 14.8 Å². The van der Waals surface area contributed by atoms with Crippen molar-refractivity contribution in [3.8, 4) is 23.0 Å². The van der Waals surface area contributed by atoms with Gasteiger partial charge in [-0.15, -0.1) is 16.9 Å². The summed E-state index contributed by atoms with van der Waals surface area (Å²) in [5.41, 5.74) is 1.20. The van der Waals surface area contributed by atoms with E-state index in [0.717, 1.165) is 10.5 Å². The summed E-state index contributed by atoms with van der Waals surface area (Å²) in [5, 5.41) is 11.1. The third kappa shape index (κ3) is 5.54. The fourth-order valence-electron chi connectivity index (χ4n) is 2.73. The maximum atomic E-state index is 12.6. The van der Waals surface area contributed by atoms with Crippen LogP contribution in [-0.4, -0.2) is 34.6 Å². The Morgan fingerprint density at radius 1 is 1.07 bits per heavy atom. The van der Waals surface area contributed by atoms with Crippen LogP contribution in [0.3, 0.4) is 0 Å². The molecule has 0 aliphatic carbocycles. The van der Waals surface area contributed by atoms with Gasteiger partial charge in [0.15, 0.2) is 11.5 Å². The molecule has 0 saturated carbocycles. The lowest BCUT2D eigenvalue weighted by atomic mass is 10.2. The van der Waals surface area contributed by atoms with Gasteiger partial charge in [-0.05, 0) is 50.2 Å². The largest absolute Gasteiger partial charge is 0.490 e. The number of benzene rings is 2. The quantitative estimate of drug-likeness (QED) is 0.465. The van der Waals surface area contributed by atoms with Crippen molar-refractivity contribution < 1.29 is 18.7 Å². The molecule has 7 nitrogen and oxygen atoms in total. The zero-order chi connectivity index (χ0) is 21.5. The van der Waals surface area contributed by atoms with Crippen molar-refractivity contribution in [3.63, 3.8) is 0 Å². The Labute approximate surface area is 180 Å². The second kappa shape index (κ2) is 10.2. The van der Waals surface area contributed by atoms with E-state index < -0.39 is 0 Å². The van der Waals surface area contributed by atoms with E-state index in [2.05, 4.69) is 29.4 Å². The maximum Gasteiger partial charge on any atom is 0.322 e. The number of hydrogen-bond donors (Lipinski definition) is 1. The molecule has 0 aliphatic rings. The SMILES string of the molecule is CCOc1ccc(C(=O)Nc2nnc(-c3cccc(SC(C)C)c3)o2)cc1OCC. The predicted octanol–water partition coefficient (Wildman–Crippen LogP) is 5.29. The number of nitrogens with one attached hydrogen (secondary N) is 1. The molecule has 3 rings (SSSR count). The Bertz CT molecular complexity index is 1000. The number of nitrogens with zero attached hydrogens (tertiary/aromatic N) is 2. The summed E-state index contributed by atoms with van der Waals surface area (Å²) >= 11 is 1.75. The minimum absolute atomic E-state index is 0.0313. The van der Waals surface area contributed by atoms with Crippen LogP contribution in [0.1, 0.15) is 38.1 Å². The van der Waals surface area contributed by atoms with Gasteiger partial charge in [0.25, 0.3) is 5.91 Å². The minimum atomic E-state index is -0.377. The summed E-state index contributed by atoms with van der Waals surface area (Å²) in [5.74, 6) is 1.07. The van der Waals surface area contributed by atoms with Crippen molar-refractivity contribution in [1.82, 2.24) is 10.2 Å². The van der Waals surface area contributed by atoms with Gasteiger partial charge in [0, 0.05) is 21.3 Å². The van der Waals surface area contributed by atoms with Crippen molar-refractivity contribution in [1.29, 1.82) is 0 Å². The summed E-state index contributed by atoms with van der Waals surface area (Å²) in [7, 11) is 0. The van der Waals surface area contributed by atoms with Gasteiger partial charge in [-0.25, -0.2) is 0 Å². The van der Waals surface area contributed by atoms with Crippen LogP contribution in [0.2, 0.25) is 0 Å². The Morgan fingerprint density at radius 3 is 2.57 bits per heavy atom. The van der Waals surface area contributed by atoms with Crippen LogP contribution in [0.25, 0.3) is 11.5 Å². The van der Waals surface area contributed by atoms with Gasteiger partial charge in [-0.2, -0.15) is 0 Å². The molecular weight excluding hydrogens is 402 g/mol. The number of carbonyl (C=O) groups is 1. The van der Waals surface area contributed by atoms with Gasteiger partial charge in [0.05, 0.1) is 13.2 Å². The highest BCUT2D eigenvalue weighted by atomic mass is 32.2. The molecule has 0 aliphatic heterocycles. The van der Waals surface area contributed by atoms with Gasteiger partial charge in [0.1, 0.15) is 0 Å². The van der Waals surface area contributed by atoms with E-state index in [1.807, 2.05) is 38.1 Å². The van der Waals surface area contributed by atoms with E-state index in [-0.39, 0.29) is 11.9 Å². The van der Waals surface area contributed by atoms with E-state index in [1.54, 1.807) is 30.0 Å². The third-order valence-corrected chi connectivity index (χ3v) is 4.90. The molecule has 1 heterocycles. The van der Waals surface area contributed by atoms with E-state index in [9.17, 15) is 4.79 Å². The molecule has 8 heteroatoms. The lowest BCUT2D eigenvalue weighted by Gasteiger charge is -2.11. The minimum Gasteiger partial charge on any atom is -0.490 e. The molecule has 0 atom stereocenters. The second-order valence-electron chi connectivity index (χ2n) is 6.59. The number of thioether (sulfide) groups is 1. The molecule has 3 aromatic rings. The molecule has 0 spiro atoms. The van der Waals surface area contributed by atoms with E-state index in [0.29, 0.717) is 41.4 Å². The Kier molecular flexibility index (Phi) is 7.35. The lowest BCUT2D eigenvalue weighted by molar-refractivity contribution is 0.102. The first-order valence-electron chi connectivity index (χ1n) is 9.81. The van der Waals surface area contributed by atoms with Crippen LogP contribution in [0, 0.1) is 0 Å². The average molecular weight is 428 g/mol. The predicted molar refractivity (Wildman–Crippen MR) is 117 cm³/mol. The summed E-state index contributed by atoms with van der Waals surface area (Å²) < 4.78 is 16.7. The van der Waals surface area contributed by atoms with Gasteiger partial charge in [0.2, 0.25) is 5.89 Å². The highest BCUT2D eigenvalue weighted by Crippen LogP contribution is 2.30. The van der Waals surface area contributed by atoms with Crippen molar-refractivity contribution in [2.75, 3.05) is 18.5 Å². The van der Waals surface area contributed by atoms with Crippen LogP contribution in [0.15, 0.2) is 51.8 Å².